The number of hydrogen-bond donors (Lipinski definition) is 2. The lowest BCUT2D eigenvalue weighted by atomic mass is 10.0. The Balaban J connectivity index is 1.54. The van der Waals surface area contributed by atoms with Crippen LogP contribution in [0.15, 0.2) is 35.3 Å². The predicted octanol–water partition coefficient (Wildman–Crippen LogP) is 3.68. The molecule has 1 unspecified atom stereocenters. The van der Waals surface area contributed by atoms with E-state index in [1.807, 2.05) is 32.9 Å². The Kier molecular flexibility index (Phi) is 7.33. The quantitative estimate of drug-likeness (QED) is 0.535. The molecule has 2 aliphatic rings. The number of hydrogen-bond acceptors (Lipinski definition) is 5. The number of nitrogens with one attached hydrogen (secondary N) is 2. The average molecular weight is 505 g/mol. The number of fused-ring (bicyclic) bond motifs is 1. The van der Waals surface area contributed by atoms with Crippen LogP contribution in [0.2, 0.25) is 0 Å². The summed E-state index contributed by atoms with van der Waals surface area (Å²) in [6, 6.07) is 6.16. The molecule has 1 atom stereocenters. The van der Waals surface area contributed by atoms with Gasteiger partial charge in [0.05, 0.1) is 26.4 Å². The summed E-state index contributed by atoms with van der Waals surface area (Å²) in [5.41, 5.74) is 8.21. The van der Waals surface area contributed by atoms with Crippen LogP contribution in [-0.4, -0.2) is 59.7 Å². The Hall–Kier alpha value is -3.20. The summed E-state index contributed by atoms with van der Waals surface area (Å²) in [6.07, 6.45) is 5.22. The molecule has 0 saturated carbocycles. The van der Waals surface area contributed by atoms with Crippen molar-refractivity contribution in [1.82, 2.24) is 19.6 Å². The molecule has 5 rings (SSSR count). The molecule has 1 saturated heterocycles. The number of carbonyl (C=O) groups excluding carboxylic acids is 1. The molecule has 0 bridgehead atoms. The Morgan fingerprint density at radius 2 is 1.89 bits per heavy atom. The largest absolute Gasteiger partial charge is 0.379 e. The fraction of sp³-hybridized carbons (Fsp3) is 0.448. The van der Waals surface area contributed by atoms with Crippen molar-refractivity contribution in [2.45, 2.75) is 46.7 Å². The third-order valence-corrected chi connectivity index (χ3v) is 7.68. The van der Waals surface area contributed by atoms with E-state index in [4.69, 9.17) is 9.47 Å². The highest BCUT2D eigenvalue weighted by molar-refractivity contribution is 5.97. The minimum absolute atomic E-state index is 0.102. The number of aromatic amines is 1. The van der Waals surface area contributed by atoms with Gasteiger partial charge in [-0.1, -0.05) is 6.08 Å². The van der Waals surface area contributed by atoms with Crippen LogP contribution >= 0.6 is 0 Å². The number of aromatic nitrogens is 2. The number of rotatable bonds is 6. The lowest BCUT2D eigenvalue weighted by Gasteiger charge is -2.34. The van der Waals surface area contributed by atoms with Crippen molar-refractivity contribution in [3.8, 4) is 0 Å². The van der Waals surface area contributed by atoms with Gasteiger partial charge >= 0.3 is 0 Å². The summed E-state index contributed by atoms with van der Waals surface area (Å²) in [6.45, 7) is 12.6. The Bertz CT molecular complexity index is 1410. The van der Waals surface area contributed by atoms with Gasteiger partial charge in [0.25, 0.3) is 11.5 Å². The molecule has 0 spiro atoms. The van der Waals surface area contributed by atoms with Gasteiger partial charge in [-0.2, -0.15) is 0 Å². The Labute approximate surface area is 217 Å². The molecule has 8 nitrogen and oxygen atoms in total. The van der Waals surface area contributed by atoms with E-state index < -0.39 is 0 Å². The number of carbonyl (C=O) groups is 1. The topological polar surface area (TPSA) is 88.1 Å². The van der Waals surface area contributed by atoms with E-state index in [1.165, 1.54) is 5.57 Å². The molecule has 5 heterocycles. The fourth-order valence-corrected chi connectivity index (χ4v) is 5.59. The first-order valence-electron chi connectivity index (χ1n) is 13.1. The first-order chi connectivity index (χ1) is 17.8. The van der Waals surface area contributed by atoms with Gasteiger partial charge in [0.15, 0.2) is 0 Å². The number of aryl methyl sites for hydroxylation is 2. The Morgan fingerprint density at radius 1 is 1.11 bits per heavy atom. The molecule has 3 aromatic rings. The molecule has 3 aromatic heterocycles. The van der Waals surface area contributed by atoms with Crippen LogP contribution in [0, 0.1) is 20.8 Å². The van der Waals surface area contributed by atoms with Gasteiger partial charge in [-0.15, -0.1) is 0 Å². The zero-order valence-electron chi connectivity index (χ0n) is 22.1. The first kappa shape index (κ1) is 25.4. The molecular weight excluding hydrogens is 468 g/mol. The highest BCUT2D eigenvalue weighted by Crippen LogP contribution is 2.32. The molecule has 196 valence electrons. The standard InChI is InChI=1S/C29H36N4O4/c1-18-13-19(2)31-29(35)26(18)16-30-28(34)25-15-24-14-23(22-5-9-36-10-6-22)17-33(24)27(20(25)3)21(4)32-7-11-37-12-8-32/h5,13-15,17,21H,6-12,16H2,1-4H3,(H,30,34)(H,31,35). The Morgan fingerprint density at radius 3 is 2.59 bits per heavy atom. The minimum atomic E-state index is -0.178. The predicted molar refractivity (Wildman–Crippen MR) is 144 cm³/mol. The molecule has 2 aliphatic heterocycles. The van der Waals surface area contributed by atoms with Gasteiger partial charge in [0.1, 0.15) is 0 Å². The van der Waals surface area contributed by atoms with E-state index >= 15 is 0 Å². The van der Waals surface area contributed by atoms with E-state index in [1.54, 1.807) is 0 Å². The maximum atomic E-state index is 13.5. The average Bonchev–Trinajstić information content (AvgIpc) is 3.32. The van der Waals surface area contributed by atoms with Crippen LogP contribution in [0.4, 0.5) is 0 Å². The maximum Gasteiger partial charge on any atom is 0.253 e. The SMILES string of the molecule is Cc1cc(C)c(CNC(=O)c2cc3cc(C4=CCOCC4)cn3c(C(C)N3CCOCC3)c2C)c(=O)[nH]1. The monoisotopic (exact) mass is 504 g/mol. The van der Waals surface area contributed by atoms with Crippen molar-refractivity contribution in [3.05, 3.63) is 80.0 Å². The van der Waals surface area contributed by atoms with Crippen molar-refractivity contribution in [2.24, 2.45) is 0 Å². The number of ether oxygens (including phenoxy) is 2. The van der Waals surface area contributed by atoms with E-state index in [2.05, 4.69) is 44.9 Å². The molecule has 8 heteroatoms. The van der Waals surface area contributed by atoms with Gasteiger partial charge in [-0.25, -0.2) is 0 Å². The molecule has 0 aliphatic carbocycles. The van der Waals surface area contributed by atoms with Gasteiger partial charge in [0, 0.05) is 59.9 Å². The summed E-state index contributed by atoms with van der Waals surface area (Å²) >= 11 is 0. The number of H-pyrrole nitrogens is 1. The third-order valence-electron chi connectivity index (χ3n) is 7.68. The van der Waals surface area contributed by atoms with Gasteiger partial charge in [-0.05, 0) is 74.6 Å². The number of morpholine rings is 1. The molecule has 2 N–H and O–H groups in total. The molecule has 1 fully saturated rings. The van der Waals surface area contributed by atoms with Gasteiger partial charge < -0.3 is 24.2 Å². The molecule has 0 radical (unpaired) electrons. The van der Waals surface area contributed by atoms with Crippen LogP contribution in [0.5, 0.6) is 0 Å². The number of pyridine rings is 2. The van der Waals surface area contributed by atoms with Crippen LogP contribution in [0.3, 0.4) is 0 Å². The van der Waals surface area contributed by atoms with Crippen molar-refractivity contribution in [3.63, 3.8) is 0 Å². The molecule has 0 aromatic carbocycles. The van der Waals surface area contributed by atoms with E-state index in [-0.39, 0.29) is 24.1 Å². The second-order valence-electron chi connectivity index (χ2n) is 10.1. The summed E-state index contributed by atoms with van der Waals surface area (Å²) in [5, 5.41) is 3.01. The minimum Gasteiger partial charge on any atom is -0.379 e. The van der Waals surface area contributed by atoms with Crippen LogP contribution < -0.4 is 10.9 Å². The summed E-state index contributed by atoms with van der Waals surface area (Å²) < 4.78 is 13.3. The lowest BCUT2D eigenvalue weighted by Crippen LogP contribution is -2.39. The normalized spacial score (nSPS) is 17.6. The van der Waals surface area contributed by atoms with Crippen molar-refractivity contribution in [1.29, 1.82) is 0 Å². The van der Waals surface area contributed by atoms with E-state index in [0.29, 0.717) is 30.9 Å². The van der Waals surface area contributed by atoms with Crippen LogP contribution in [-0.2, 0) is 16.0 Å². The highest BCUT2D eigenvalue weighted by atomic mass is 16.5. The molecule has 37 heavy (non-hydrogen) atoms. The van der Waals surface area contributed by atoms with Crippen LogP contribution in [0.1, 0.15) is 63.4 Å². The zero-order valence-corrected chi connectivity index (χ0v) is 22.1. The fourth-order valence-electron chi connectivity index (χ4n) is 5.59. The highest BCUT2D eigenvalue weighted by Gasteiger charge is 2.26. The third kappa shape index (κ3) is 5.14. The smallest absolute Gasteiger partial charge is 0.253 e. The van der Waals surface area contributed by atoms with Crippen molar-refractivity contribution in [2.75, 3.05) is 39.5 Å². The van der Waals surface area contributed by atoms with E-state index in [9.17, 15) is 9.59 Å². The van der Waals surface area contributed by atoms with E-state index in [0.717, 1.165) is 59.7 Å². The molecular formula is C29H36N4O4. The van der Waals surface area contributed by atoms with Crippen molar-refractivity contribution < 1.29 is 14.3 Å². The summed E-state index contributed by atoms with van der Waals surface area (Å²) in [4.78, 5) is 31.3. The van der Waals surface area contributed by atoms with Crippen LogP contribution in [0.25, 0.3) is 11.1 Å². The maximum absolute atomic E-state index is 13.5. The summed E-state index contributed by atoms with van der Waals surface area (Å²) in [7, 11) is 0. The second kappa shape index (κ2) is 10.7. The number of amides is 1. The van der Waals surface area contributed by atoms with Crippen molar-refractivity contribution >= 4 is 17.0 Å². The first-order valence-corrected chi connectivity index (χ1v) is 13.1. The summed E-state index contributed by atoms with van der Waals surface area (Å²) in [5.74, 6) is -0.178. The van der Waals surface area contributed by atoms with Gasteiger partial charge in [0.2, 0.25) is 0 Å². The zero-order chi connectivity index (χ0) is 26.1. The lowest BCUT2D eigenvalue weighted by molar-refractivity contribution is 0.0187. The second-order valence-corrected chi connectivity index (χ2v) is 10.1. The van der Waals surface area contributed by atoms with Gasteiger partial charge in [-0.3, -0.25) is 14.5 Å². The molecule has 1 amide bonds. The number of nitrogens with zero attached hydrogens (tertiary/aromatic N) is 2.